The smallest absolute Gasteiger partial charge is 0.268 e. The number of anilines is 1. The summed E-state index contributed by atoms with van der Waals surface area (Å²) in [5, 5.41) is 12.8. The molecule has 0 spiro atoms. The van der Waals surface area contributed by atoms with E-state index in [0.29, 0.717) is 31.6 Å². The highest BCUT2D eigenvalue weighted by Gasteiger charge is 2.29. The van der Waals surface area contributed by atoms with Gasteiger partial charge < -0.3 is 26.1 Å². The second-order valence-corrected chi connectivity index (χ2v) is 6.25. The largest absolute Gasteiger partial charge is 0.492 e. The van der Waals surface area contributed by atoms with E-state index in [2.05, 4.69) is 52.1 Å². The summed E-state index contributed by atoms with van der Waals surface area (Å²) in [6, 6.07) is -0.220. The highest BCUT2D eigenvalue weighted by molar-refractivity contribution is 9.13. The van der Waals surface area contributed by atoms with Crippen molar-refractivity contribution in [2.75, 3.05) is 5.73 Å². The van der Waals surface area contributed by atoms with Gasteiger partial charge in [-0.25, -0.2) is 0 Å². The van der Waals surface area contributed by atoms with Gasteiger partial charge in [-0.15, -0.1) is 0 Å². The molecule has 0 saturated heterocycles. The molecule has 21 heavy (non-hydrogen) atoms. The van der Waals surface area contributed by atoms with Crippen LogP contribution in [0.3, 0.4) is 0 Å². The fourth-order valence-electron chi connectivity index (χ4n) is 2.30. The van der Waals surface area contributed by atoms with Gasteiger partial charge in [0.05, 0.1) is 9.08 Å². The topological polar surface area (TPSA) is 120 Å². The zero-order valence-corrected chi connectivity index (χ0v) is 14.0. The molecular formula is C12H11Br2N5O2. The molecule has 0 saturated carbocycles. The molecule has 2 aromatic rings. The third-order valence-electron chi connectivity index (χ3n) is 3.14. The van der Waals surface area contributed by atoms with Crippen molar-refractivity contribution < 1.29 is 9.90 Å². The molecule has 0 fully saturated rings. The number of hydrogen-bond donors (Lipinski definition) is 5. The summed E-state index contributed by atoms with van der Waals surface area (Å²) in [7, 11) is 0. The number of nitrogens with two attached hydrogens (primary N) is 1. The van der Waals surface area contributed by atoms with E-state index in [1.54, 1.807) is 0 Å². The highest BCUT2D eigenvalue weighted by Crippen LogP contribution is 2.40. The van der Waals surface area contributed by atoms with E-state index in [9.17, 15) is 9.90 Å². The Labute approximate surface area is 136 Å². The maximum atomic E-state index is 12.2. The van der Waals surface area contributed by atoms with Crippen molar-refractivity contribution in [3.63, 3.8) is 0 Å². The summed E-state index contributed by atoms with van der Waals surface area (Å²) in [6.07, 6.45) is 1.82. The highest BCUT2D eigenvalue weighted by atomic mass is 79.9. The van der Waals surface area contributed by atoms with Crippen LogP contribution >= 0.6 is 31.9 Å². The molecule has 1 unspecified atom stereocenters. The normalized spacial score (nSPS) is 18.0. The predicted molar refractivity (Wildman–Crippen MR) is 84.9 cm³/mol. The monoisotopic (exact) mass is 415 g/mol. The Morgan fingerprint density at radius 2 is 2.05 bits per heavy atom. The zero-order chi connectivity index (χ0) is 15.3. The molecule has 1 aliphatic heterocycles. The number of fused-ring (bicyclic) bond motifs is 1. The number of aromatic amines is 2. The first-order valence-corrected chi connectivity index (χ1v) is 7.62. The van der Waals surface area contributed by atoms with Crippen LogP contribution in [0.15, 0.2) is 15.2 Å². The van der Waals surface area contributed by atoms with Crippen LogP contribution in [-0.4, -0.2) is 32.0 Å². The molecule has 3 heterocycles. The average Bonchev–Trinajstić information content (AvgIpc) is 2.84. The Hall–Kier alpha value is -1.74. The first-order chi connectivity index (χ1) is 9.88. The predicted octanol–water partition coefficient (Wildman–Crippen LogP) is 2.11. The third kappa shape index (κ3) is 2.26. The number of halogens is 2. The number of rotatable bonds is 1. The van der Waals surface area contributed by atoms with Crippen molar-refractivity contribution in [3.05, 3.63) is 32.1 Å². The van der Waals surface area contributed by atoms with Crippen molar-refractivity contribution in [2.45, 2.75) is 13.0 Å². The summed E-state index contributed by atoms with van der Waals surface area (Å²) < 4.78 is 1.32. The summed E-state index contributed by atoms with van der Waals surface area (Å²) in [6.45, 7) is 1.84. The Morgan fingerprint density at radius 1 is 1.33 bits per heavy atom. The van der Waals surface area contributed by atoms with Crippen LogP contribution in [0, 0.1) is 0 Å². The number of amides is 1. The third-order valence-corrected chi connectivity index (χ3v) is 5.06. The fourth-order valence-corrected chi connectivity index (χ4v) is 3.21. The second-order valence-electron chi connectivity index (χ2n) is 4.67. The lowest BCUT2D eigenvalue weighted by atomic mass is 10.0. The van der Waals surface area contributed by atoms with Gasteiger partial charge in [0.1, 0.15) is 11.4 Å². The Morgan fingerprint density at radius 3 is 2.67 bits per heavy atom. The van der Waals surface area contributed by atoms with Crippen LogP contribution in [-0.2, 0) is 0 Å². The molecule has 9 heteroatoms. The van der Waals surface area contributed by atoms with Crippen molar-refractivity contribution >= 4 is 49.3 Å². The van der Waals surface area contributed by atoms with Crippen LogP contribution in [0.1, 0.15) is 28.7 Å². The molecule has 3 rings (SSSR count). The Bertz CT molecular complexity index is 777. The number of H-pyrrole nitrogens is 2. The molecular weight excluding hydrogens is 406 g/mol. The Kier molecular flexibility index (Phi) is 3.33. The molecule has 0 bridgehead atoms. The SMILES string of the molecule is CC1C=C(c2[nH]c(N)nc2O)c2c([nH]c(Br)c2Br)C(=O)N1. The molecule has 0 aromatic carbocycles. The number of carbonyl (C=O) groups is 1. The van der Waals surface area contributed by atoms with Gasteiger partial charge in [-0.3, -0.25) is 4.79 Å². The molecule has 7 nitrogen and oxygen atoms in total. The van der Waals surface area contributed by atoms with Gasteiger partial charge in [0.2, 0.25) is 11.8 Å². The average molecular weight is 417 g/mol. The molecule has 110 valence electrons. The standard InChI is InChI=1S/C12H11Br2N5O2/c1-3-2-4(7-10(20)19-12(15)18-7)5-6(13)9(14)17-8(5)11(21)16-3/h2-3,17,20H,1H3,(H,16,21)(H3,15,18,19). The van der Waals surface area contributed by atoms with Crippen LogP contribution in [0.2, 0.25) is 0 Å². The van der Waals surface area contributed by atoms with Crippen molar-refractivity contribution in [3.8, 4) is 5.88 Å². The number of nitrogen functional groups attached to an aromatic ring is 1. The number of nitrogens with one attached hydrogen (secondary N) is 3. The summed E-state index contributed by atoms with van der Waals surface area (Å²) in [5.74, 6) is -0.343. The number of hydrogen-bond acceptors (Lipinski definition) is 4. The lowest BCUT2D eigenvalue weighted by Gasteiger charge is -2.07. The molecule has 1 atom stereocenters. The van der Waals surface area contributed by atoms with Crippen molar-refractivity contribution in [1.82, 2.24) is 20.3 Å². The lowest BCUT2D eigenvalue weighted by molar-refractivity contribution is 0.0943. The molecule has 0 radical (unpaired) electrons. The second kappa shape index (κ2) is 4.92. The van der Waals surface area contributed by atoms with Gasteiger partial charge >= 0.3 is 0 Å². The quantitative estimate of drug-likeness (QED) is 0.488. The van der Waals surface area contributed by atoms with E-state index < -0.39 is 0 Å². The number of carbonyl (C=O) groups excluding carboxylic acids is 1. The van der Waals surface area contributed by atoms with Crippen LogP contribution in [0.25, 0.3) is 5.57 Å². The summed E-state index contributed by atoms with van der Waals surface area (Å²) in [4.78, 5) is 21.8. The van der Waals surface area contributed by atoms with Gasteiger partial charge in [-0.2, -0.15) is 4.98 Å². The lowest BCUT2D eigenvalue weighted by Crippen LogP contribution is -2.30. The summed E-state index contributed by atoms with van der Waals surface area (Å²) >= 11 is 6.79. The van der Waals surface area contributed by atoms with Crippen molar-refractivity contribution in [2.24, 2.45) is 0 Å². The van der Waals surface area contributed by atoms with Gasteiger partial charge in [0.25, 0.3) is 5.91 Å². The van der Waals surface area contributed by atoms with Gasteiger partial charge in [-0.1, -0.05) is 6.08 Å². The zero-order valence-electron chi connectivity index (χ0n) is 10.8. The fraction of sp³-hybridized carbons (Fsp3) is 0.167. The first kappa shape index (κ1) is 14.2. The van der Waals surface area contributed by atoms with Crippen molar-refractivity contribution in [1.29, 1.82) is 0 Å². The Balaban J connectivity index is 2.30. The van der Waals surface area contributed by atoms with Crippen LogP contribution in [0.5, 0.6) is 5.88 Å². The van der Waals surface area contributed by atoms with Gasteiger partial charge in [-0.05, 0) is 38.8 Å². The van der Waals surface area contributed by atoms with Crippen LogP contribution in [0.4, 0.5) is 5.95 Å². The van der Waals surface area contributed by atoms with E-state index in [4.69, 9.17) is 5.73 Å². The number of nitrogens with zero attached hydrogens (tertiary/aromatic N) is 1. The molecule has 1 amide bonds. The number of aromatic nitrogens is 3. The number of aromatic hydroxyl groups is 1. The maximum Gasteiger partial charge on any atom is 0.268 e. The van der Waals surface area contributed by atoms with E-state index in [-0.39, 0.29) is 23.8 Å². The molecule has 1 aliphatic rings. The molecule has 6 N–H and O–H groups in total. The van der Waals surface area contributed by atoms with E-state index in [1.807, 2.05) is 13.0 Å². The minimum atomic E-state index is -0.234. The maximum absolute atomic E-state index is 12.2. The van der Waals surface area contributed by atoms with E-state index in [0.717, 1.165) is 0 Å². The summed E-state index contributed by atoms with van der Waals surface area (Å²) in [5.41, 5.74) is 7.59. The van der Waals surface area contributed by atoms with Crippen LogP contribution < -0.4 is 11.1 Å². The molecule has 2 aromatic heterocycles. The van der Waals surface area contributed by atoms with Gasteiger partial charge in [0, 0.05) is 17.2 Å². The minimum Gasteiger partial charge on any atom is -0.492 e. The van der Waals surface area contributed by atoms with E-state index >= 15 is 0 Å². The number of imidazole rings is 1. The van der Waals surface area contributed by atoms with Gasteiger partial charge in [0.15, 0.2) is 0 Å². The van der Waals surface area contributed by atoms with E-state index in [1.165, 1.54) is 0 Å². The molecule has 0 aliphatic carbocycles. The minimum absolute atomic E-state index is 0.104. The first-order valence-electron chi connectivity index (χ1n) is 6.03.